The van der Waals surface area contributed by atoms with Crippen molar-refractivity contribution in [3.8, 4) is 11.5 Å². The van der Waals surface area contributed by atoms with E-state index in [2.05, 4.69) is 0 Å². The molecule has 5 rings (SSSR count). The van der Waals surface area contributed by atoms with Crippen LogP contribution >= 0.6 is 0 Å². The number of hydroxylamine groups is 1. The highest BCUT2D eigenvalue weighted by molar-refractivity contribution is 6.23. The maximum atomic E-state index is 13.9. The Morgan fingerprint density at radius 2 is 1.64 bits per heavy atom. The molecule has 186 valence electrons. The van der Waals surface area contributed by atoms with E-state index in [1.165, 1.54) is 24.3 Å². The number of amides is 2. The molecule has 0 N–H and O–H groups in total. The van der Waals surface area contributed by atoms with Crippen LogP contribution in [0.2, 0.25) is 0 Å². The number of para-hydroxylation sites is 1. The van der Waals surface area contributed by atoms with Crippen molar-refractivity contribution >= 4 is 23.2 Å². The van der Waals surface area contributed by atoms with E-state index in [1.54, 1.807) is 5.06 Å². The highest BCUT2D eigenvalue weighted by Crippen LogP contribution is 2.48. The van der Waals surface area contributed by atoms with Gasteiger partial charge in [0, 0.05) is 0 Å². The molecule has 0 saturated carbocycles. The second-order valence-electron chi connectivity index (χ2n) is 8.64. The average molecular weight is 491 g/mol. The Labute approximate surface area is 208 Å². The van der Waals surface area contributed by atoms with Gasteiger partial charge in [0.1, 0.15) is 11.7 Å². The fourth-order valence-electron chi connectivity index (χ4n) is 4.73. The number of halogens is 1. The lowest BCUT2D eigenvalue weighted by atomic mass is 9.90. The first kappa shape index (κ1) is 23.8. The van der Waals surface area contributed by atoms with Gasteiger partial charge in [-0.2, -0.15) is 0 Å². The summed E-state index contributed by atoms with van der Waals surface area (Å²) in [5, 5.41) is 1.62. The number of nitrogens with zero attached hydrogens (tertiary/aromatic N) is 2. The van der Waals surface area contributed by atoms with Gasteiger partial charge in [0.2, 0.25) is 5.91 Å². The SMILES string of the molecule is CCCOc1ccc([C@H]2[C@@H]3C(=O)N(c4cccc(F)c4)C(=O)[C@@H]3ON2c2ccccc2)cc1OCC. The van der Waals surface area contributed by atoms with Crippen molar-refractivity contribution in [2.24, 2.45) is 5.92 Å². The van der Waals surface area contributed by atoms with Crippen LogP contribution in [0.5, 0.6) is 11.5 Å². The lowest BCUT2D eigenvalue weighted by Gasteiger charge is -2.29. The zero-order valence-corrected chi connectivity index (χ0v) is 20.1. The molecule has 3 aromatic carbocycles. The maximum Gasteiger partial charge on any atom is 0.266 e. The minimum atomic E-state index is -1.04. The summed E-state index contributed by atoms with van der Waals surface area (Å²) in [6, 6.07) is 19.7. The largest absolute Gasteiger partial charge is 0.490 e. The molecule has 2 saturated heterocycles. The summed E-state index contributed by atoms with van der Waals surface area (Å²) in [5.41, 5.74) is 1.63. The van der Waals surface area contributed by atoms with Gasteiger partial charge in [-0.25, -0.2) is 14.4 Å². The third-order valence-electron chi connectivity index (χ3n) is 6.26. The van der Waals surface area contributed by atoms with Crippen molar-refractivity contribution < 1.29 is 28.3 Å². The minimum absolute atomic E-state index is 0.186. The molecule has 0 spiro atoms. The van der Waals surface area contributed by atoms with Crippen molar-refractivity contribution in [2.75, 3.05) is 23.2 Å². The monoisotopic (exact) mass is 490 g/mol. The second-order valence-corrected chi connectivity index (χ2v) is 8.64. The van der Waals surface area contributed by atoms with E-state index in [4.69, 9.17) is 14.3 Å². The molecule has 3 atom stereocenters. The van der Waals surface area contributed by atoms with Crippen LogP contribution in [0.1, 0.15) is 31.9 Å². The number of anilines is 2. The highest BCUT2D eigenvalue weighted by atomic mass is 19.1. The summed E-state index contributed by atoms with van der Waals surface area (Å²) in [5.74, 6) is -1.16. The molecular weight excluding hydrogens is 463 g/mol. The molecular formula is C28H27FN2O5. The van der Waals surface area contributed by atoms with E-state index in [-0.39, 0.29) is 5.69 Å². The number of hydrogen-bond acceptors (Lipinski definition) is 6. The van der Waals surface area contributed by atoms with Crippen molar-refractivity contribution in [3.05, 3.63) is 84.2 Å². The third kappa shape index (κ3) is 4.18. The zero-order chi connectivity index (χ0) is 25.2. The average Bonchev–Trinajstić information content (AvgIpc) is 3.39. The number of ether oxygens (including phenoxy) is 2. The Bertz CT molecular complexity index is 1270. The van der Waals surface area contributed by atoms with Gasteiger partial charge >= 0.3 is 0 Å². The Balaban J connectivity index is 1.58. The number of rotatable bonds is 8. The van der Waals surface area contributed by atoms with Gasteiger partial charge in [0.25, 0.3) is 5.91 Å². The number of carbonyl (C=O) groups is 2. The smallest absolute Gasteiger partial charge is 0.266 e. The fraction of sp³-hybridized carbons (Fsp3) is 0.286. The van der Waals surface area contributed by atoms with Crippen molar-refractivity contribution in [1.29, 1.82) is 0 Å². The van der Waals surface area contributed by atoms with Crippen LogP contribution in [0.25, 0.3) is 0 Å². The van der Waals surface area contributed by atoms with E-state index < -0.39 is 35.7 Å². The van der Waals surface area contributed by atoms with Gasteiger partial charge in [-0.15, -0.1) is 0 Å². The fourth-order valence-corrected chi connectivity index (χ4v) is 4.73. The van der Waals surface area contributed by atoms with Gasteiger partial charge in [-0.3, -0.25) is 14.4 Å². The first-order valence-corrected chi connectivity index (χ1v) is 12.1. The molecule has 3 aromatic rings. The van der Waals surface area contributed by atoms with Crippen molar-refractivity contribution in [2.45, 2.75) is 32.4 Å². The van der Waals surface area contributed by atoms with Gasteiger partial charge in [-0.05, 0) is 61.4 Å². The summed E-state index contributed by atoms with van der Waals surface area (Å²) in [7, 11) is 0. The molecule has 0 bridgehead atoms. The molecule has 2 aliphatic heterocycles. The predicted octanol–water partition coefficient (Wildman–Crippen LogP) is 5.06. The van der Waals surface area contributed by atoms with E-state index in [1.807, 2.05) is 62.4 Å². The number of imide groups is 1. The van der Waals surface area contributed by atoms with Crippen molar-refractivity contribution in [1.82, 2.24) is 0 Å². The lowest BCUT2D eigenvalue weighted by Crippen LogP contribution is -2.37. The third-order valence-corrected chi connectivity index (χ3v) is 6.26. The van der Waals surface area contributed by atoms with Crippen LogP contribution in [0.4, 0.5) is 15.8 Å². The Kier molecular flexibility index (Phi) is 6.61. The molecule has 2 amide bonds. The topological polar surface area (TPSA) is 68.3 Å². The molecule has 2 aliphatic rings. The van der Waals surface area contributed by atoms with Gasteiger partial charge in [-0.1, -0.05) is 37.3 Å². The summed E-state index contributed by atoms with van der Waals surface area (Å²) in [6.45, 7) is 4.89. The van der Waals surface area contributed by atoms with Crippen LogP contribution in [0, 0.1) is 11.7 Å². The zero-order valence-electron chi connectivity index (χ0n) is 20.1. The minimum Gasteiger partial charge on any atom is -0.490 e. The van der Waals surface area contributed by atoms with Crippen LogP contribution in [-0.2, 0) is 14.4 Å². The molecule has 0 radical (unpaired) electrons. The number of carbonyl (C=O) groups excluding carboxylic acids is 2. The van der Waals surface area contributed by atoms with Gasteiger partial charge in [0.15, 0.2) is 17.6 Å². The first-order chi connectivity index (χ1) is 17.5. The Morgan fingerprint density at radius 1 is 0.861 bits per heavy atom. The van der Waals surface area contributed by atoms with Crippen LogP contribution in [0.15, 0.2) is 72.8 Å². The van der Waals surface area contributed by atoms with Gasteiger partial charge < -0.3 is 9.47 Å². The molecule has 0 aromatic heterocycles. The van der Waals surface area contributed by atoms with Crippen LogP contribution in [0.3, 0.4) is 0 Å². The van der Waals surface area contributed by atoms with E-state index >= 15 is 0 Å². The molecule has 0 aliphatic carbocycles. The second kappa shape index (κ2) is 9.99. The molecule has 36 heavy (non-hydrogen) atoms. The molecule has 2 heterocycles. The lowest BCUT2D eigenvalue weighted by molar-refractivity contribution is -0.126. The summed E-state index contributed by atoms with van der Waals surface area (Å²) in [4.78, 5) is 34.3. The number of hydrogen-bond donors (Lipinski definition) is 0. The summed E-state index contributed by atoms with van der Waals surface area (Å²) >= 11 is 0. The number of fused-ring (bicyclic) bond motifs is 1. The normalized spacial score (nSPS) is 21.1. The molecule has 7 nitrogen and oxygen atoms in total. The van der Waals surface area contributed by atoms with E-state index in [0.717, 1.165) is 16.9 Å². The van der Waals surface area contributed by atoms with Crippen LogP contribution in [-0.4, -0.2) is 31.1 Å². The predicted molar refractivity (Wildman–Crippen MR) is 132 cm³/mol. The summed E-state index contributed by atoms with van der Waals surface area (Å²) in [6.07, 6.45) is -0.195. The maximum absolute atomic E-state index is 13.9. The number of benzene rings is 3. The molecule has 8 heteroatoms. The Hall–Kier alpha value is -3.91. The molecule has 0 unspecified atom stereocenters. The summed E-state index contributed by atoms with van der Waals surface area (Å²) < 4.78 is 25.6. The van der Waals surface area contributed by atoms with E-state index in [0.29, 0.717) is 30.4 Å². The first-order valence-electron chi connectivity index (χ1n) is 12.1. The standard InChI is InChI=1S/C28H27FN2O5/c1-3-15-35-22-14-13-18(16-23(22)34-4-2)25-24-26(36-31(25)20-10-6-5-7-11-20)28(33)30(27(24)32)21-12-8-9-19(29)17-21/h5-14,16-17,24-26H,3-4,15H2,1-2H3/t24-,25-,26+/m0/s1. The quantitative estimate of drug-likeness (QED) is 0.411. The molecule has 2 fully saturated rings. The van der Waals surface area contributed by atoms with E-state index in [9.17, 15) is 14.0 Å². The van der Waals surface area contributed by atoms with Crippen molar-refractivity contribution in [3.63, 3.8) is 0 Å². The highest BCUT2D eigenvalue weighted by Gasteiger charge is 2.60. The Morgan fingerprint density at radius 3 is 2.36 bits per heavy atom. The van der Waals surface area contributed by atoms with Gasteiger partial charge in [0.05, 0.1) is 30.6 Å². The van der Waals surface area contributed by atoms with Crippen LogP contribution < -0.4 is 19.4 Å².